The lowest BCUT2D eigenvalue weighted by Crippen LogP contribution is -2.26. The highest BCUT2D eigenvalue weighted by Crippen LogP contribution is 2.15. The van der Waals surface area contributed by atoms with Gasteiger partial charge >= 0.3 is 0 Å². The summed E-state index contributed by atoms with van der Waals surface area (Å²) in [4.78, 5) is 11.7. The first-order chi connectivity index (χ1) is 8.58. The van der Waals surface area contributed by atoms with Crippen molar-refractivity contribution in [3.63, 3.8) is 0 Å². The van der Waals surface area contributed by atoms with Crippen LogP contribution in [-0.2, 0) is 6.54 Å². The SMILES string of the molecule is Cc1ccn(CC(N)c2ccccc2F)c(=O)c1. The third-order valence-electron chi connectivity index (χ3n) is 2.85. The maximum absolute atomic E-state index is 13.5. The number of hydrogen-bond acceptors (Lipinski definition) is 2. The number of benzene rings is 1. The maximum atomic E-state index is 13.5. The van der Waals surface area contributed by atoms with Crippen molar-refractivity contribution in [2.24, 2.45) is 5.73 Å². The highest BCUT2D eigenvalue weighted by molar-refractivity contribution is 5.21. The molecular formula is C14H15FN2O. The fraction of sp³-hybridized carbons (Fsp3) is 0.214. The van der Waals surface area contributed by atoms with Crippen LogP contribution in [0.2, 0.25) is 0 Å². The molecule has 0 saturated heterocycles. The number of hydrogen-bond donors (Lipinski definition) is 1. The fourth-order valence-corrected chi connectivity index (χ4v) is 1.84. The van der Waals surface area contributed by atoms with Gasteiger partial charge in [-0.05, 0) is 24.6 Å². The van der Waals surface area contributed by atoms with Crippen LogP contribution in [0.3, 0.4) is 0 Å². The summed E-state index contributed by atoms with van der Waals surface area (Å²) < 4.78 is 15.0. The van der Waals surface area contributed by atoms with Crippen LogP contribution in [0, 0.1) is 12.7 Å². The summed E-state index contributed by atoms with van der Waals surface area (Å²) in [5.74, 6) is -0.342. The molecule has 1 aromatic heterocycles. The van der Waals surface area contributed by atoms with E-state index in [1.807, 2.05) is 13.0 Å². The van der Waals surface area contributed by atoms with Crippen molar-refractivity contribution in [1.82, 2.24) is 4.57 Å². The van der Waals surface area contributed by atoms with Gasteiger partial charge in [-0.15, -0.1) is 0 Å². The summed E-state index contributed by atoms with van der Waals surface area (Å²) in [5, 5.41) is 0. The first kappa shape index (κ1) is 12.5. The Labute approximate surface area is 105 Å². The van der Waals surface area contributed by atoms with Crippen molar-refractivity contribution < 1.29 is 4.39 Å². The Hall–Kier alpha value is -1.94. The van der Waals surface area contributed by atoms with E-state index >= 15 is 0 Å². The molecule has 0 aliphatic heterocycles. The minimum atomic E-state index is -0.536. The van der Waals surface area contributed by atoms with Crippen LogP contribution in [0.1, 0.15) is 17.2 Å². The summed E-state index contributed by atoms with van der Waals surface area (Å²) in [7, 11) is 0. The molecule has 2 rings (SSSR count). The first-order valence-electron chi connectivity index (χ1n) is 5.75. The Morgan fingerprint density at radius 2 is 2.06 bits per heavy atom. The van der Waals surface area contributed by atoms with Gasteiger partial charge in [0.1, 0.15) is 5.82 Å². The van der Waals surface area contributed by atoms with Gasteiger partial charge in [0.25, 0.3) is 5.56 Å². The molecule has 1 heterocycles. The smallest absolute Gasteiger partial charge is 0.250 e. The Balaban J connectivity index is 2.24. The summed E-state index contributed by atoms with van der Waals surface area (Å²) in [5.41, 5.74) is 7.13. The number of pyridine rings is 1. The second-order valence-electron chi connectivity index (χ2n) is 4.32. The number of aromatic nitrogens is 1. The molecule has 18 heavy (non-hydrogen) atoms. The Bertz CT molecular complexity index is 607. The molecule has 0 amide bonds. The molecule has 4 heteroatoms. The van der Waals surface area contributed by atoms with E-state index in [0.29, 0.717) is 5.56 Å². The number of nitrogens with two attached hydrogens (primary N) is 1. The van der Waals surface area contributed by atoms with E-state index in [-0.39, 0.29) is 17.9 Å². The lowest BCUT2D eigenvalue weighted by Gasteiger charge is -2.14. The van der Waals surface area contributed by atoms with Gasteiger partial charge in [-0.3, -0.25) is 4.79 Å². The number of aryl methyl sites for hydroxylation is 1. The van der Waals surface area contributed by atoms with Crippen molar-refractivity contribution in [3.8, 4) is 0 Å². The standard InChI is InChI=1S/C14H15FN2O/c1-10-6-7-17(14(18)8-10)9-13(16)11-4-2-3-5-12(11)15/h2-8,13H,9,16H2,1H3. The van der Waals surface area contributed by atoms with E-state index in [4.69, 9.17) is 5.73 Å². The van der Waals surface area contributed by atoms with Gasteiger partial charge in [-0.2, -0.15) is 0 Å². The predicted molar refractivity (Wildman–Crippen MR) is 68.8 cm³/mol. The van der Waals surface area contributed by atoms with E-state index in [1.54, 1.807) is 24.4 Å². The van der Waals surface area contributed by atoms with Crippen LogP contribution < -0.4 is 11.3 Å². The van der Waals surface area contributed by atoms with E-state index in [9.17, 15) is 9.18 Å². The quantitative estimate of drug-likeness (QED) is 0.900. The third-order valence-corrected chi connectivity index (χ3v) is 2.85. The van der Waals surface area contributed by atoms with Crippen molar-refractivity contribution in [2.75, 3.05) is 0 Å². The molecule has 94 valence electrons. The molecule has 0 spiro atoms. The van der Waals surface area contributed by atoms with E-state index in [2.05, 4.69) is 0 Å². The summed E-state index contributed by atoms with van der Waals surface area (Å²) in [6, 6.07) is 9.18. The van der Waals surface area contributed by atoms with Crippen LogP contribution in [0.15, 0.2) is 47.4 Å². The Morgan fingerprint density at radius 1 is 1.33 bits per heavy atom. The molecule has 1 aromatic carbocycles. The normalized spacial score (nSPS) is 12.4. The van der Waals surface area contributed by atoms with Crippen LogP contribution in [0.25, 0.3) is 0 Å². The largest absolute Gasteiger partial charge is 0.322 e. The topological polar surface area (TPSA) is 48.0 Å². The molecular weight excluding hydrogens is 231 g/mol. The zero-order valence-electron chi connectivity index (χ0n) is 10.1. The van der Waals surface area contributed by atoms with Gasteiger partial charge in [0, 0.05) is 24.4 Å². The minimum Gasteiger partial charge on any atom is -0.322 e. The second kappa shape index (κ2) is 5.14. The predicted octanol–water partition coefficient (Wildman–Crippen LogP) is 2.00. The van der Waals surface area contributed by atoms with E-state index in [0.717, 1.165) is 5.56 Å². The number of nitrogens with zero attached hydrogens (tertiary/aromatic N) is 1. The number of rotatable bonds is 3. The molecule has 0 saturated carbocycles. The molecule has 0 radical (unpaired) electrons. The highest BCUT2D eigenvalue weighted by atomic mass is 19.1. The lowest BCUT2D eigenvalue weighted by atomic mass is 10.1. The second-order valence-corrected chi connectivity index (χ2v) is 4.32. The maximum Gasteiger partial charge on any atom is 0.250 e. The van der Waals surface area contributed by atoms with E-state index in [1.165, 1.54) is 16.7 Å². The van der Waals surface area contributed by atoms with Gasteiger partial charge in [0.2, 0.25) is 0 Å². The van der Waals surface area contributed by atoms with Gasteiger partial charge < -0.3 is 10.3 Å². The molecule has 1 unspecified atom stereocenters. The first-order valence-corrected chi connectivity index (χ1v) is 5.75. The van der Waals surface area contributed by atoms with Crippen molar-refractivity contribution in [2.45, 2.75) is 19.5 Å². The van der Waals surface area contributed by atoms with Gasteiger partial charge in [0.05, 0.1) is 6.04 Å². The molecule has 2 aromatic rings. The molecule has 3 nitrogen and oxygen atoms in total. The average molecular weight is 246 g/mol. The van der Waals surface area contributed by atoms with Crippen LogP contribution in [-0.4, -0.2) is 4.57 Å². The molecule has 2 N–H and O–H groups in total. The van der Waals surface area contributed by atoms with E-state index < -0.39 is 6.04 Å². The monoisotopic (exact) mass is 246 g/mol. The highest BCUT2D eigenvalue weighted by Gasteiger charge is 2.11. The van der Waals surface area contributed by atoms with Crippen LogP contribution >= 0.6 is 0 Å². The summed E-state index contributed by atoms with van der Waals surface area (Å²) in [6.07, 6.45) is 1.68. The molecule has 0 aliphatic rings. The van der Waals surface area contributed by atoms with Crippen LogP contribution in [0.5, 0.6) is 0 Å². The van der Waals surface area contributed by atoms with Gasteiger partial charge in [-0.25, -0.2) is 4.39 Å². The third kappa shape index (κ3) is 2.65. The van der Waals surface area contributed by atoms with Crippen LogP contribution in [0.4, 0.5) is 4.39 Å². The van der Waals surface area contributed by atoms with Crippen molar-refractivity contribution >= 4 is 0 Å². The molecule has 1 atom stereocenters. The average Bonchev–Trinajstić information content (AvgIpc) is 2.33. The Morgan fingerprint density at radius 3 is 2.72 bits per heavy atom. The summed E-state index contributed by atoms with van der Waals surface area (Å²) >= 11 is 0. The molecule has 0 fully saturated rings. The van der Waals surface area contributed by atoms with Gasteiger partial charge in [-0.1, -0.05) is 18.2 Å². The number of halogens is 1. The Kier molecular flexibility index (Phi) is 3.58. The zero-order chi connectivity index (χ0) is 13.1. The van der Waals surface area contributed by atoms with Crippen molar-refractivity contribution in [1.29, 1.82) is 0 Å². The molecule has 0 aliphatic carbocycles. The molecule has 0 bridgehead atoms. The lowest BCUT2D eigenvalue weighted by molar-refractivity contribution is 0.523. The minimum absolute atomic E-state index is 0.123. The zero-order valence-corrected chi connectivity index (χ0v) is 10.1. The van der Waals surface area contributed by atoms with Crippen molar-refractivity contribution in [3.05, 3.63) is 69.9 Å². The fourth-order valence-electron chi connectivity index (χ4n) is 1.84. The van der Waals surface area contributed by atoms with Gasteiger partial charge in [0.15, 0.2) is 0 Å². The summed E-state index contributed by atoms with van der Waals surface area (Å²) in [6.45, 7) is 2.11.